The average molecular weight is 349 g/mol. The molecular weight excluding hydrogens is 330 g/mol. The van der Waals surface area contributed by atoms with E-state index in [4.69, 9.17) is 4.42 Å². The van der Waals surface area contributed by atoms with Crippen LogP contribution in [0, 0.1) is 0 Å². The molecule has 0 atom stereocenters. The van der Waals surface area contributed by atoms with Crippen LogP contribution in [0.2, 0.25) is 0 Å². The number of carbonyl (C=O) groups excluding carboxylic acids is 1. The summed E-state index contributed by atoms with van der Waals surface area (Å²) in [5.41, 5.74) is 1.13. The normalized spacial score (nSPS) is 14.5. The zero-order valence-electron chi connectivity index (χ0n) is 14.3. The van der Waals surface area contributed by atoms with Crippen molar-refractivity contribution in [1.29, 1.82) is 0 Å². The van der Waals surface area contributed by atoms with Gasteiger partial charge < -0.3 is 14.2 Å². The van der Waals surface area contributed by atoms with E-state index in [9.17, 15) is 4.79 Å². The second-order valence-corrected chi connectivity index (χ2v) is 6.14. The topological polar surface area (TPSA) is 75.4 Å². The van der Waals surface area contributed by atoms with Gasteiger partial charge in [-0.1, -0.05) is 30.3 Å². The summed E-state index contributed by atoms with van der Waals surface area (Å²) in [4.78, 5) is 29.1. The summed E-state index contributed by atoms with van der Waals surface area (Å²) in [6, 6.07) is 9.98. The maximum atomic E-state index is 12.6. The van der Waals surface area contributed by atoms with Crippen molar-refractivity contribution in [3.8, 4) is 0 Å². The lowest BCUT2D eigenvalue weighted by Crippen LogP contribution is -2.49. The minimum atomic E-state index is -0.164. The van der Waals surface area contributed by atoms with Crippen LogP contribution in [0.15, 0.2) is 59.5 Å². The van der Waals surface area contributed by atoms with Gasteiger partial charge in [0, 0.05) is 45.0 Å². The molecule has 1 aliphatic heterocycles. The molecule has 0 unspecified atom stereocenters. The maximum absolute atomic E-state index is 12.6. The van der Waals surface area contributed by atoms with Crippen molar-refractivity contribution in [2.45, 2.75) is 6.42 Å². The lowest BCUT2D eigenvalue weighted by molar-refractivity contribution is 0.0704. The summed E-state index contributed by atoms with van der Waals surface area (Å²) < 4.78 is 5.68. The number of aromatic nitrogens is 3. The van der Waals surface area contributed by atoms with Crippen LogP contribution in [-0.4, -0.2) is 51.9 Å². The van der Waals surface area contributed by atoms with Crippen LogP contribution in [0.1, 0.15) is 22.0 Å². The molecule has 1 aliphatic rings. The molecule has 3 aromatic rings. The number of nitrogens with zero attached hydrogens (tertiary/aromatic N) is 5. The molecule has 1 fully saturated rings. The Morgan fingerprint density at radius 1 is 1.00 bits per heavy atom. The molecule has 7 nitrogen and oxygen atoms in total. The first-order valence-electron chi connectivity index (χ1n) is 8.58. The molecule has 4 rings (SSSR count). The van der Waals surface area contributed by atoms with Gasteiger partial charge in [-0.3, -0.25) is 9.78 Å². The Morgan fingerprint density at radius 3 is 2.54 bits per heavy atom. The first-order valence-corrected chi connectivity index (χ1v) is 8.58. The monoisotopic (exact) mass is 349 g/mol. The van der Waals surface area contributed by atoms with Crippen molar-refractivity contribution in [2.75, 3.05) is 31.1 Å². The summed E-state index contributed by atoms with van der Waals surface area (Å²) in [6.45, 7) is 2.63. The van der Waals surface area contributed by atoms with Gasteiger partial charge in [0.25, 0.3) is 5.89 Å². The Kier molecular flexibility index (Phi) is 4.59. The highest BCUT2D eigenvalue weighted by Gasteiger charge is 2.26. The fraction of sp³-hybridized carbons (Fsp3) is 0.263. The molecule has 2 aromatic heterocycles. The quantitative estimate of drug-likeness (QED) is 0.717. The van der Waals surface area contributed by atoms with E-state index in [0.29, 0.717) is 38.4 Å². The molecule has 0 spiro atoms. The van der Waals surface area contributed by atoms with Crippen LogP contribution in [0.25, 0.3) is 0 Å². The number of benzene rings is 1. The molecule has 0 bridgehead atoms. The molecule has 26 heavy (non-hydrogen) atoms. The highest BCUT2D eigenvalue weighted by Crippen LogP contribution is 2.15. The first kappa shape index (κ1) is 16.3. The zero-order valence-corrected chi connectivity index (χ0v) is 14.3. The van der Waals surface area contributed by atoms with Gasteiger partial charge in [0.2, 0.25) is 0 Å². The highest BCUT2D eigenvalue weighted by atomic mass is 16.4. The molecule has 0 saturated carbocycles. The van der Waals surface area contributed by atoms with E-state index in [1.807, 2.05) is 30.3 Å². The van der Waals surface area contributed by atoms with E-state index in [0.717, 1.165) is 11.4 Å². The fourth-order valence-electron chi connectivity index (χ4n) is 3.01. The van der Waals surface area contributed by atoms with Gasteiger partial charge in [-0.25, -0.2) is 9.97 Å². The molecule has 3 heterocycles. The van der Waals surface area contributed by atoms with Gasteiger partial charge in [0.15, 0.2) is 0 Å². The minimum Gasteiger partial charge on any atom is -0.437 e. The fourth-order valence-corrected chi connectivity index (χ4v) is 3.01. The van der Waals surface area contributed by atoms with Crippen LogP contribution in [-0.2, 0) is 6.42 Å². The Morgan fingerprint density at radius 2 is 1.81 bits per heavy atom. The van der Waals surface area contributed by atoms with E-state index in [2.05, 4.69) is 19.9 Å². The van der Waals surface area contributed by atoms with Crippen LogP contribution in [0.5, 0.6) is 0 Å². The number of hydrogen-bond donors (Lipinski definition) is 0. The third-order valence-corrected chi connectivity index (χ3v) is 4.40. The molecule has 1 aromatic carbocycles. The second kappa shape index (κ2) is 7.35. The van der Waals surface area contributed by atoms with Crippen molar-refractivity contribution in [2.24, 2.45) is 0 Å². The molecule has 0 radical (unpaired) electrons. The third-order valence-electron chi connectivity index (χ3n) is 4.40. The number of piperazine rings is 1. The van der Waals surface area contributed by atoms with Gasteiger partial charge in [0.05, 0.1) is 12.4 Å². The Bertz CT molecular complexity index is 858. The van der Waals surface area contributed by atoms with Gasteiger partial charge in [-0.15, -0.1) is 0 Å². The standard InChI is InChI=1S/C19H19N5O2/c25-19(18-22-13-16(26-18)12-15-4-2-1-3-5-15)24-10-8-23(9-11-24)17-14-20-6-7-21-17/h1-7,13-14H,8-12H2. The minimum absolute atomic E-state index is 0.156. The number of hydrogen-bond acceptors (Lipinski definition) is 6. The van der Waals surface area contributed by atoms with Crippen LogP contribution >= 0.6 is 0 Å². The van der Waals surface area contributed by atoms with Gasteiger partial charge >= 0.3 is 5.91 Å². The van der Waals surface area contributed by atoms with Crippen LogP contribution in [0.3, 0.4) is 0 Å². The first-order chi connectivity index (χ1) is 12.8. The lowest BCUT2D eigenvalue weighted by Gasteiger charge is -2.34. The Labute approximate surface area is 151 Å². The number of amides is 1. The summed E-state index contributed by atoms with van der Waals surface area (Å²) in [7, 11) is 0. The molecule has 0 N–H and O–H groups in total. The van der Waals surface area contributed by atoms with Crippen molar-refractivity contribution in [3.63, 3.8) is 0 Å². The molecular formula is C19H19N5O2. The van der Waals surface area contributed by atoms with E-state index >= 15 is 0 Å². The zero-order chi connectivity index (χ0) is 17.8. The van der Waals surface area contributed by atoms with E-state index < -0.39 is 0 Å². The SMILES string of the molecule is O=C(c1ncc(Cc2ccccc2)o1)N1CCN(c2cnccn2)CC1. The van der Waals surface area contributed by atoms with Crippen LogP contribution < -0.4 is 4.90 Å². The van der Waals surface area contributed by atoms with Crippen molar-refractivity contribution < 1.29 is 9.21 Å². The Balaban J connectivity index is 1.37. The van der Waals surface area contributed by atoms with Gasteiger partial charge in [-0.2, -0.15) is 0 Å². The number of carbonyl (C=O) groups is 1. The van der Waals surface area contributed by atoms with E-state index in [1.54, 1.807) is 29.7 Å². The van der Waals surface area contributed by atoms with Gasteiger partial charge in [0.1, 0.15) is 11.6 Å². The molecule has 7 heteroatoms. The molecule has 0 aliphatic carbocycles. The average Bonchev–Trinajstić information content (AvgIpc) is 3.17. The predicted octanol–water partition coefficient (Wildman–Crippen LogP) is 2.02. The molecule has 1 saturated heterocycles. The van der Waals surface area contributed by atoms with Crippen LogP contribution in [0.4, 0.5) is 5.82 Å². The smallest absolute Gasteiger partial charge is 0.309 e. The number of rotatable bonds is 4. The maximum Gasteiger partial charge on any atom is 0.309 e. The van der Waals surface area contributed by atoms with Crippen molar-refractivity contribution >= 4 is 11.7 Å². The highest BCUT2D eigenvalue weighted by molar-refractivity contribution is 5.89. The molecule has 1 amide bonds. The lowest BCUT2D eigenvalue weighted by atomic mass is 10.1. The summed E-state index contributed by atoms with van der Waals surface area (Å²) in [5.74, 6) is 1.52. The number of oxazole rings is 1. The molecule has 132 valence electrons. The Hall–Kier alpha value is -3.22. The third kappa shape index (κ3) is 3.56. The van der Waals surface area contributed by atoms with Crippen molar-refractivity contribution in [3.05, 3.63) is 72.3 Å². The summed E-state index contributed by atoms with van der Waals surface area (Å²) >= 11 is 0. The summed E-state index contributed by atoms with van der Waals surface area (Å²) in [6.07, 6.45) is 7.33. The van der Waals surface area contributed by atoms with E-state index in [1.165, 1.54) is 0 Å². The number of anilines is 1. The summed E-state index contributed by atoms with van der Waals surface area (Å²) in [5, 5.41) is 0. The predicted molar refractivity (Wildman–Crippen MR) is 95.9 cm³/mol. The largest absolute Gasteiger partial charge is 0.437 e. The van der Waals surface area contributed by atoms with Crippen molar-refractivity contribution in [1.82, 2.24) is 19.9 Å². The van der Waals surface area contributed by atoms with Gasteiger partial charge in [-0.05, 0) is 5.56 Å². The second-order valence-electron chi connectivity index (χ2n) is 6.14. The van der Waals surface area contributed by atoms with E-state index in [-0.39, 0.29) is 11.8 Å².